The molecule has 0 bridgehead atoms. The number of H-pyrrole nitrogens is 1. The van der Waals surface area contributed by atoms with Crippen LogP contribution >= 0.6 is 0 Å². The summed E-state index contributed by atoms with van der Waals surface area (Å²) in [5.74, 6) is 0.359. The fraction of sp³-hybridized carbons (Fsp3) is 0.441. The number of nitrogens with one attached hydrogen (secondary N) is 1. The molecule has 0 saturated heterocycles. The number of aromatic amines is 1. The molecule has 0 aliphatic heterocycles. The molecular formula is C34H41KN6O5. The van der Waals surface area contributed by atoms with Gasteiger partial charge in [-0.15, -0.1) is 0 Å². The maximum absolute atomic E-state index is 14.3. The van der Waals surface area contributed by atoms with Crippen molar-refractivity contribution in [2.24, 2.45) is 0 Å². The number of aromatic nitrogens is 6. The Kier molecular flexibility index (Phi) is 11.3. The van der Waals surface area contributed by atoms with E-state index in [4.69, 9.17) is 9.26 Å². The summed E-state index contributed by atoms with van der Waals surface area (Å²) >= 11 is 0. The van der Waals surface area contributed by atoms with Crippen molar-refractivity contribution >= 4 is 5.78 Å². The second-order valence-electron chi connectivity index (χ2n) is 12.3. The van der Waals surface area contributed by atoms with E-state index in [0.717, 1.165) is 65.6 Å². The number of hydrogen-bond donors (Lipinski definition) is 2. The number of aryl methyl sites for hydroxylation is 1. The maximum atomic E-state index is 14.3. The zero-order valence-corrected chi connectivity index (χ0v) is 30.2. The largest absolute Gasteiger partial charge is 1.00 e. The molecule has 2 aromatic carbocycles. The molecule has 238 valence electrons. The van der Waals surface area contributed by atoms with E-state index in [1.54, 1.807) is 6.92 Å². The molecule has 0 radical (unpaired) electrons. The predicted molar refractivity (Wildman–Crippen MR) is 171 cm³/mol. The SMILES string of the molecule is CCCc1c(Cc2ccc(-c3ccccc3-c3noc(=O)[nH]3)cc2)c(=O)n(C2CCC(OCC(C)(O)CC)CC2)c2ncnn12.[H-].[K+]. The molecule has 2 N–H and O–H groups in total. The minimum Gasteiger partial charge on any atom is -1.00 e. The standard InChI is InChI=1S/C34H40N6O5.K.H/c1-4-8-29-28(19-22-11-13-23(14-12-22)26-9-6-7-10-27(26)30-37-33(42)45-38-30)31(41)39(32-35-21-36-40(29)32)24-15-17-25(18-16-24)44-20-34(3,43)5-2;;/h6-7,9-14,21,24-25,43H,4-5,8,15-20H2,1-3H3,(H,37,38,42);;/q;+1;-1. The van der Waals surface area contributed by atoms with Gasteiger partial charge in [0.1, 0.15) is 6.33 Å². The Bertz CT molecular complexity index is 1890. The summed E-state index contributed by atoms with van der Waals surface area (Å²) in [6.07, 6.45) is 7.49. The van der Waals surface area contributed by atoms with E-state index in [-0.39, 0.29) is 70.5 Å². The second-order valence-corrected chi connectivity index (χ2v) is 12.3. The molecule has 5 aromatic rings. The van der Waals surface area contributed by atoms with Crippen LogP contribution in [0.1, 0.15) is 83.6 Å². The normalized spacial score (nSPS) is 17.9. The molecular weight excluding hydrogens is 612 g/mol. The molecule has 6 rings (SSSR count). The van der Waals surface area contributed by atoms with Crippen LogP contribution in [-0.4, -0.2) is 52.7 Å². The third-order valence-electron chi connectivity index (χ3n) is 8.98. The number of fused-ring (bicyclic) bond motifs is 1. The van der Waals surface area contributed by atoms with Crippen LogP contribution in [0.5, 0.6) is 0 Å². The fourth-order valence-electron chi connectivity index (χ4n) is 6.24. The Morgan fingerprint density at radius 3 is 2.43 bits per heavy atom. The van der Waals surface area contributed by atoms with Gasteiger partial charge in [-0.3, -0.25) is 18.9 Å². The van der Waals surface area contributed by atoms with Crippen LogP contribution in [0.4, 0.5) is 0 Å². The Balaban J connectivity index is 0.00000250. The van der Waals surface area contributed by atoms with Crippen molar-refractivity contribution in [3.63, 3.8) is 0 Å². The van der Waals surface area contributed by atoms with Crippen LogP contribution in [-0.2, 0) is 17.6 Å². The number of nitrogens with zero attached hydrogens (tertiary/aromatic N) is 5. The smallest absolute Gasteiger partial charge is 1.00 e. The molecule has 46 heavy (non-hydrogen) atoms. The van der Waals surface area contributed by atoms with E-state index >= 15 is 0 Å². The topological polar surface area (TPSA) is 141 Å². The summed E-state index contributed by atoms with van der Waals surface area (Å²) in [6.45, 7) is 6.17. The van der Waals surface area contributed by atoms with Crippen molar-refractivity contribution in [2.75, 3.05) is 6.61 Å². The molecule has 1 atom stereocenters. The molecule has 0 spiro atoms. The zero-order valence-electron chi connectivity index (χ0n) is 28.0. The minimum absolute atomic E-state index is 0. The Morgan fingerprint density at radius 2 is 1.78 bits per heavy atom. The van der Waals surface area contributed by atoms with Gasteiger partial charge in [-0.2, -0.15) is 10.1 Å². The van der Waals surface area contributed by atoms with Crippen molar-refractivity contribution in [1.29, 1.82) is 0 Å². The molecule has 11 nitrogen and oxygen atoms in total. The third kappa shape index (κ3) is 7.38. The van der Waals surface area contributed by atoms with E-state index in [2.05, 4.69) is 27.1 Å². The average Bonchev–Trinajstić information content (AvgIpc) is 3.72. The molecule has 0 amide bonds. The summed E-state index contributed by atoms with van der Waals surface area (Å²) in [5.41, 5.74) is 4.42. The summed E-state index contributed by atoms with van der Waals surface area (Å²) in [7, 11) is 0. The number of benzene rings is 2. The average molecular weight is 653 g/mol. The van der Waals surface area contributed by atoms with Gasteiger partial charge in [0.05, 0.1) is 24.0 Å². The van der Waals surface area contributed by atoms with Crippen molar-refractivity contribution in [3.8, 4) is 22.5 Å². The fourth-order valence-corrected chi connectivity index (χ4v) is 6.24. The summed E-state index contributed by atoms with van der Waals surface area (Å²) < 4.78 is 14.5. The van der Waals surface area contributed by atoms with E-state index in [1.807, 2.05) is 64.5 Å². The first-order valence-electron chi connectivity index (χ1n) is 15.8. The maximum Gasteiger partial charge on any atom is 1.00 e. The first kappa shape index (κ1) is 34.6. The molecule has 12 heteroatoms. The van der Waals surface area contributed by atoms with E-state index < -0.39 is 11.4 Å². The van der Waals surface area contributed by atoms with Gasteiger partial charge in [0.25, 0.3) is 5.56 Å². The quantitative estimate of drug-likeness (QED) is 0.207. The van der Waals surface area contributed by atoms with Gasteiger partial charge in [0, 0.05) is 23.6 Å². The Labute approximate surface area is 311 Å². The van der Waals surface area contributed by atoms with Gasteiger partial charge >= 0.3 is 57.1 Å². The van der Waals surface area contributed by atoms with Crippen molar-refractivity contribution in [3.05, 3.63) is 92.6 Å². The molecule has 3 heterocycles. The molecule has 3 aromatic heterocycles. The van der Waals surface area contributed by atoms with E-state index in [1.165, 1.54) is 6.33 Å². The Morgan fingerprint density at radius 1 is 1.07 bits per heavy atom. The molecule has 1 aliphatic carbocycles. The number of hydrogen-bond acceptors (Lipinski definition) is 8. The van der Waals surface area contributed by atoms with Gasteiger partial charge in [0.2, 0.25) is 5.78 Å². The number of rotatable bonds is 11. The van der Waals surface area contributed by atoms with Crippen molar-refractivity contribution in [1.82, 2.24) is 29.3 Å². The number of ether oxygens (including phenoxy) is 1. The third-order valence-corrected chi connectivity index (χ3v) is 8.98. The van der Waals surface area contributed by atoms with Crippen LogP contribution in [0.3, 0.4) is 0 Å². The van der Waals surface area contributed by atoms with E-state index in [0.29, 0.717) is 37.5 Å². The van der Waals surface area contributed by atoms with Crippen LogP contribution in [0, 0.1) is 0 Å². The number of aliphatic hydroxyl groups is 1. The van der Waals surface area contributed by atoms with Gasteiger partial charge in [0.15, 0.2) is 5.82 Å². The monoisotopic (exact) mass is 652 g/mol. The van der Waals surface area contributed by atoms with Crippen LogP contribution in [0.25, 0.3) is 28.3 Å². The van der Waals surface area contributed by atoms with Gasteiger partial charge in [-0.05, 0) is 62.1 Å². The zero-order chi connectivity index (χ0) is 31.6. The molecule has 1 unspecified atom stereocenters. The van der Waals surface area contributed by atoms with Gasteiger partial charge < -0.3 is 11.3 Å². The Hall–Kier alpha value is -2.71. The van der Waals surface area contributed by atoms with Crippen molar-refractivity contribution in [2.45, 2.75) is 89.9 Å². The van der Waals surface area contributed by atoms with Crippen LogP contribution in [0.15, 0.2) is 69.0 Å². The van der Waals surface area contributed by atoms with Gasteiger partial charge in [-0.25, -0.2) is 9.31 Å². The van der Waals surface area contributed by atoms with Crippen LogP contribution in [0.2, 0.25) is 0 Å². The van der Waals surface area contributed by atoms with Crippen molar-refractivity contribution < 1.29 is 67.2 Å². The first-order chi connectivity index (χ1) is 21.8. The van der Waals surface area contributed by atoms with Gasteiger partial charge in [-0.1, -0.05) is 74.0 Å². The predicted octanol–water partition coefficient (Wildman–Crippen LogP) is 2.22. The minimum atomic E-state index is -0.829. The van der Waals surface area contributed by atoms with E-state index in [9.17, 15) is 14.7 Å². The summed E-state index contributed by atoms with van der Waals surface area (Å²) in [5, 5.41) is 18.8. The summed E-state index contributed by atoms with van der Waals surface area (Å²) in [6, 6.07) is 15.8. The second kappa shape index (κ2) is 15.0. The molecule has 1 saturated carbocycles. The molecule has 1 aliphatic rings. The first-order valence-corrected chi connectivity index (χ1v) is 15.8. The molecule has 1 fully saturated rings. The summed E-state index contributed by atoms with van der Waals surface area (Å²) in [4.78, 5) is 33.1. The van der Waals surface area contributed by atoms with Crippen LogP contribution < -0.4 is 62.7 Å².